The Kier molecular flexibility index (Phi) is 5.54. The minimum Gasteiger partial charge on any atom is -0.366 e. The lowest BCUT2D eigenvalue weighted by molar-refractivity contribution is -0.697. The normalized spacial score (nSPS) is 10.3. The van der Waals surface area contributed by atoms with Crippen LogP contribution in [0, 0.1) is 0 Å². The number of amides is 1. The topological polar surface area (TPSA) is 47.0 Å². The van der Waals surface area contributed by atoms with Gasteiger partial charge in [0.15, 0.2) is 12.4 Å². The van der Waals surface area contributed by atoms with Gasteiger partial charge in [-0.2, -0.15) is 0 Å². The molecule has 0 aliphatic rings. The number of unbranched alkanes of at least 4 members (excludes halogenated alkanes) is 4. The highest BCUT2D eigenvalue weighted by molar-refractivity contribution is 5.92. The van der Waals surface area contributed by atoms with Crippen LogP contribution in [-0.2, 0) is 6.54 Å². The molecule has 0 radical (unpaired) electrons. The van der Waals surface area contributed by atoms with Gasteiger partial charge in [0.25, 0.3) is 0 Å². The first kappa shape index (κ1) is 12.7. The largest absolute Gasteiger partial charge is 0.366 e. The molecule has 1 aromatic heterocycles. The number of nitrogens with zero attached hydrogens (tertiary/aromatic N) is 1. The van der Waals surface area contributed by atoms with Crippen molar-refractivity contribution in [1.29, 1.82) is 0 Å². The standard InChI is InChI=1S/C13H20N2O/c1-2-3-4-5-6-9-15-10-7-12(8-11-15)13(14)16/h7-8,10-11H,2-6,9H2,1H3,(H-,14,16)/p+1. The van der Waals surface area contributed by atoms with Crippen molar-refractivity contribution in [1.82, 2.24) is 0 Å². The van der Waals surface area contributed by atoms with Gasteiger partial charge in [-0.1, -0.05) is 26.2 Å². The Labute approximate surface area is 97.3 Å². The Balaban J connectivity index is 2.29. The van der Waals surface area contributed by atoms with Gasteiger partial charge in [-0.15, -0.1) is 0 Å². The minimum absolute atomic E-state index is 0.366. The van der Waals surface area contributed by atoms with Gasteiger partial charge in [0, 0.05) is 18.6 Å². The molecule has 0 fully saturated rings. The molecular formula is C13H21N2O+. The van der Waals surface area contributed by atoms with Crippen molar-refractivity contribution >= 4 is 5.91 Å². The van der Waals surface area contributed by atoms with Crippen molar-refractivity contribution in [2.75, 3.05) is 0 Å². The number of pyridine rings is 1. The number of primary amides is 1. The van der Waals surface area contributed by atoms with Crippen LogP contribution >= 0.6 is 0 Å². The summed E-state index contributed by atoms with van der Waals surface area (Å²) in [4.78, 5) is 10.9. The predicted octanol–water partition coefficient (Wildman–Crippen LogP) is 2.04. The van der Waals surface area contributed by atoms with Gasteiger partial charge in [-0.05, 0) is 6.42 Å². The molecule has 0 bridgehead atoms. The molecule has 0 saturated carbocycles. The SMILES string of the molecule is CCCCCCC[n+]1ccc(C(N)=O)cc1. The van der Waals surface area contributed by atoms with E-state index in [0.29, 0.717) is 5.56 Å². The first-order chi connectivity index (χ1) is 7.74. The van der Waals surface area contributed by atoms with E-state index < -0.39 is 0 Å². The second-order valence-electron chi connectivity index (χ2n) is 4.10. The van der Waals surface area contributed by atoms with E-state index >= 15 is 0 Å². The summed E-state index contributed by atoms with van der Waals surface area (Å²) in [6.07, 6.45) is 10.2. The van der Waals surface area contributed by atoms with Crippen molar-refractivity contribution < 1.29 is 9.36 Å². The molecule has 0 spiro atoms. The molecule has 0 aromatic carbocycles. The minimum atomic E-state index is -0.366. The average molecular weight is 221 g/mol. The summed E-state index contributed by atoms with van der Waals surface area (Å²) >= 11 is 0. The molecular weight excluding hydrogens is 200 g/mol. The van der Waals surface area contributed by atoms with Crippen LogP contribution in [0.25, 0.3) is 0 Å². The Hall–Kier alpha value is -1.38. The van der Waals surface area contributed by atoms with Gasteiger partial charge < -0.3 is 5.73 Å². The summed E-state index contributed by atoms with van der Waals surface area (Å²) in [6, 6.07) is 3.54. The zero-order valence-corrected chi connectivity index (χ0v) is 9.98. The lowest BCUT2D eigenvalue weighted by Crippen LogP contribution is -2.33. The van der Waals surface area contributed by atoms with Gasteiger partial charge in [-0.25, -0.2) is 4.57 Å². The number of aryl methyl sites for hydroxylation is 1. The number of carbonyl (C=O) groups excluding carboxylic acids is 1. The summed E-state index contributed by atoms with van der Waals surface area (Å²) in [5.41, 5.74) is 5.74. The van der Waals surface area contributed by atoms with Crippen LogP contribution in [-0.4, -0.2) is 5.91 Å². The van der Waals surface area contributed by atoms with E-state index in [2.05, 4.69) is 11.5 Å². The molecule has 0 saturated heterocycles. The van der Waals surface area contributed by atoms with Gasteiger partial charge in [0.2, 0.25) is 5.91 Å². The van der Waals surface area contributed by atoms with Crippen molar-refractivity contribution in [3.63, 3.8) is 0 Å². The first-order valence-electron chi connectivity index (χ1n) is 6.03. The molecule has 1 aromatic rings. The van der Waals surface area contributed by atoms with Crippen LogP contribution in [0.2, 0.25) is 0 Å². The highest BCUT2D eigenvalue weighted by Gasteiger charge is 2.03. The number of aromatic nitrogens is 1. The second kappa shape index (κ2) is 6.99. The molecule has 88 valence electrons. The van der Waals surface area contributed by atoms with Gasteiger partial charge in [-0.3, -0.25) is 4.79 Å². The highest BCUT2D eigenvalue weighted by Crippen LogP contribution is 2.02. The van der Waals surface area contributed by atoms with E-state index in [-0.39, 0.29) is 5.91 Å². The summed E-state index contributed by atoms with van der Waals surface area (Å²) < 4.78 is 2.10. The molecule has 2 N–H and O–H groups in total. The average Bonchev–Trinajstić information content (AvgIpc) is 2.29. The van der Waals surface area contributed by atoms with Crippen molar-refractivity contribution in [2.24, 2.45) is 5.73 Å². The van der Waals surface area contributed by atoms with Crippen LogP contribution in [0.15, 0.2) is 24.5 Å². The molecule has 0 unspecified atom stereocenters. The van der Waals surface area contributed by atoms with E-state index in [0.717, 1.165) is 6.54 Å². The van der Waals surface area contributed by atoms with Crippen LogP contribution in [0.4, 0.5) is 0 Å². The Bertz CT molecular complexity index is 319. The van der Waals surface area contributed by atoms with E-state index in [1.54, 1.807) is 12.1 Å². The lowest BCUT2D eigenvalue weighted by Gasteiger charge is -1.98. The fourth-order valence-corrected chi connectivity index (χ4v) is 1.67. The molecule has 0 aliphatic carbocycles. The van der Waals surface area contributed by atoms with Crippen LogP contribution < -0.4 is 10.3 Å². The molecule has 1 amide bonds. The second-order valence-corrected chi connectivity index (χ2v) is 4.10. The summed E-state index contributed by atoms with van der Waals surface area (Å²) in [7, 11) is 0. The number of hydrogen-bond acceptors (Lipinski definition) is 1. The summed E-state index contributed by atoms with van der Waals surface area (Å²) in [5, 5.41) is 0. The quantitative estimate of drug-likeness (QED) is 0.556. The van der Waals surface area contributed by atoms with Crippen molar-refractivity contribution in [3.8, 4) is 0 Å². The molecule has 0 aliphatic heterocycles. The fourth-order valence-electron chi connectivity index (χ4n) is 1.67. The van der Waals surface area contributed by atoms with Gasteiger partial charge >= 0.3 is 0 Å². The molecule has 1 heterocycles. The molecule has 3 heteroatoms. The first-order valence-corrected chi connectivity index (χ1v) is 6.03. The smallest absolute Gasteiger partial charge is 0.249 e. The third-order valence-corrected chi connectivity index (χ3v) is 2.70. The molecule has 0 atom stereocenters. The van der Waals surface area contributed by atoms with E-state index in [4.69, 9.17) is 5.73 Å². The van der Waals surface area contributed by atoms with Crippen LogP contribution in [0.5, 0.6) is 0 Å². The maximum absolute atomic E-state index is 10.9. The molecule has 1 rings (SSSR count). The van der Waals surface area contributed by atoms with Gasteiger partial charge in [0.05, 0.1) is 5.56 Å². The van der Waals surface area contributed by atoms with E-state index in [1.807, 2.05) is 12.4 Å². The van der Waals surface area contributed by atoms with Crippen molar-refractivity contribution in [3.05, 3.63) is 30.1 Å². The summed E-state index contributed by atoms with van der Waals surface area (Å²) in [5.74, 6) is -0.366. The third-order valence-electron chi connectivity index (χ3n) is 2.70. The highest BCUT2D eigenvalue weighted by atomic mass is 16.1. The van der Waals surface area contributed by atoms with E-state index in [9.17, 15) is 4.79 Å². The molecule has 16 heavy (non-hydrogen) atoms. The third kappa shape index (κ3) is 4.43. The Morgan fingerprint density at radius 3 is 2.38 bits per heavy atom. The zero-order valence-electron chi connectivity index (χ0n) is 9.98. The van der Waals surface area contributed by atoms with Crippen molar-refractivity contribution in [2.45, 2.75) is 45.6 Å². The molecule has 3 nitrogen and oxygen atoms in total. The predicted molar refractivity (Wildman–Crippen MR) is 63.9 cm³/mol. The fraction of sp³-hybridized carbons (Fsp3) is 0.538. The Morgan fingerprint density at radius 1 is 1.19 bits per heavy atom. The van der Waals surface area contributed by atoms with Crippen LogP contribution in [0.3, 0.4) is 0 Å². The summed E-state index contributed by atoms with van der Waals surface area (Å²) in [6.45, 7) is 3.24. The maximum atomic E-state index is 10.9. The maximum Gasteiger partial charge on any atom is 0.249 e. The van der Waals surface area contributed by atoms with E-state index in [1.165, 1.54) is 32.1 Å². The number of nitrogens with two attached hydrogens (primary N) is 1. The zero-order chi connectivity index (χ0) is 11.8. The van der Waals surface area contributed by atoms with Crippen LogP contribution in [0.1, 0.15) is 49.4 Å². The lowest BCUT2D eigenvalue weighted by atomic mass is 10.1. The Morgan fingerprint density at radius 2 is 1.81 bits per heavy atom. The number of rotatable bonds is 7. The number of carbonyl (C=O) groups is 1. The monoisotopic (exact) mass is 221 g/mol. The number of hydrogen-bond donors (Lipinski definition) is 1. The van der Waals surface area contributed by atoms with Gasteiger partial charge in [0.1, 0.15) is 6.54 Å².